The fraction of sp³-hybridized carbons (Fsp3) is 0.385. The third-order valence-electron chi connectivity index (χ3n) is 3.47. The van der Waals surface area contributed by atoms with Gasteiger partial charge in [-0.2, -0.15) is 0 Å². The summed E-state index contributed by atoms with van der Waals surface area (Å²) in [6, 6.07) is 4.53. The number of carbonyl (C=O) groups is 2. The molecule has 2 saturated heterocycles. The fourth-order valence-electron chi connectivity index (χ4n) is 2.74. The van der Waals surface area contributed by atoms with E-state index in [0.717, 1.165) is 5.56 Å². The Kier molecular flexibility index (Phi) is 2.36. The number of rotatable bonds is 1. The largest absolute Gasteiger partial charge is 0.312 e. The van der Waals surface area contributed by atoms with Crippen molar-refractivity contribution in [3.05, 3.63) is 29.6 Å². The van der Waals surface area contributed by atoms with Gasteiger partial charge in [-0.3, -0.25) is 14.5 Å². The van der Waals surface area contributed by atoms with Gasteiger partial charge in [-0.05, 0) is 37.1 Å². The Hall–Kier alpha value is -1.91. The average Bonchev–Trinajstić information content (AvgIpc) is 2.77. The van der Waals surface area contributed by atoms with Crippen molar-refractivity contribution in [3.63, 3.8) is 0 Å². The molecule has 1 aromatic carbocycles. The number of hydrogen-bond acceptors (Lipinski definition) is 2. The van der Waals surface area contributed by atoms with Crippen molar-refractivity contribution in [1.82, 2.24) is 4.90 Å². The Morgan fingerprint density at radius 3 is 2.72 bits per heavy atom. The Morgan fingerprint density at radius 1 is 1.22 bits per heavy atom. The summed E-state index contributed by atoms with van der Waals surface area (Å²) in [4.78, 5) is 26.7. The summed E-state index contributed by atoms with van der Waals surface area (Å²) in [5, 5.41) is 0. The van der Waals surface area contributed by atoms with E-state index in [-0.39, 0.29) is 30.3 Å². The van der Waals surface area contributed by atoms with Crippen molar-refractivity contribution in [3.8, 4) is 0 Å². The highest BCUT2D eigenvalue weighted by Crippen LogP contribution is 2.32. The standard InChI is InChI=1S/C13H13FN2O2/c1-8-4-9(14)6-10(5-8)16-11-2-3-12(17)15(11)7-13(16)18/h4-6,11H,2-3,7H2,1H3. The lowest BCUT2D eigenvalue weighted by Gasteiger charge is -2.24. The van der Waals surface area contributed by atoms with Crippen LogP contribution in [-0.4, -0.2) is 29.4 Å². The molecule has 0 saturated carbocycles. The van der Waals surface area contributed by atoms with Crippen LogP contribution in [0.4, 0.5) is 10.1 Å². The Labute approximate surface area is 104 Å². The number of amides is 2. The maximum atomic E-state index is 13.4. The van der Waals surface area contributed by atoms with E-state index in [1.807, 2.05) is 0 Å². The van der Waals surface area contributed by atoms with Crippen LogP contribution in [-0.2, 0) is 9.59 Å². The van der Waals surface area contributed by atoms with E-state index >= 15 is 0 Å². The molecule has 0 radical (unpaired) electrons. The minimum absolute atomic E-state index is 0.00368. The first-order valence-electron chi connectivity index (χ1n) is 5.95. The number of hydrogen-bond donors (Lipinski definition) is 0. The molecule has 1 atom stereocenters. The fourth-order valence-corrected chi connectivity index (χ4v) is 2.74. The number of fused-ring (bicyclic) bond motifs is 1. The molecule has 2 aliphatic heterocycles. The average molecular weight is 248 g/mol. The van der Waals surface area contributed by atoms with Crippen molar-refractivity contribution in [2.24, 2.45) is 0 Å². The van der Waals surface area contributed by atoms with Crippen LogP contribution in [0.2, 0.25) is 0 Å². The molecule has 94 valence electrons. The predicted molar refractivity (Wildman–Crippen MR) is 63.4 cm³/mol. The van der Waals surface area contributed by atoms with Crippen LogP contribution >= 0.6 is 0 Å². The molecule has 3 rings (SSSR count). The van der Waals surface area contributed by atoms with Crippen molar-refractivity contribution in [1.29, 1.82) is 0 Å². The zero-order chi connectivity index (χ0) is 12.9. The lowest BCUT2D eigenvalue weighted by molar-refractivity contribution is -0.129. The predicted octanol–water partition coefficient (Wildman–Crippen LogP) is 1.43. The van der Waals surface area contributed by atoms with Crippen LogP contribution < -0.4 is 4.90 Å². The maximum absolute atomic E-state index is 13.4. The third kappa shape index (κ3) is 1.58. The molecule has 4 nitrogen and oxygen atoms in total. The molecule has 0 bridgehead atoms. The van der Waals surface area contributed by atoms with Gasteiger partial charge >= 0.3 is 0 Å². The van der Waals surface area contributed by atoms with Crippen molar-refractivity contribution in [2.75, 3.05) is 11.4 Å². The molecule has 0 aliphatic carbocycles. The molecule has 1 aromatic rings. The van der Waals surface area contributed by atoms with Gasteiger partial charge in [0.1, 0.15) is 18.5 Å². The monoisotopic (exact) mass is 248 g/mol. The summed E-state index contributed by atoms with van der Waals surface area (Å²) in [6.07, 6.45) is 0.856. The number of aryl methyl sites for hydroxylation is 1. The zero-order valence-electron chi connectivity index (χ0n) is 10.0. The second-order valence-corrected chi connectivity index (χ2v) is 4.79. The summed E-state index contributed by atoms with van der Waals surface area (Å²) >= 11 is 0. The van der Waals surface area contributed by atoms with E-state index in [1.54, 1.807) is 22.8 Å². The summed E-state index contributed by atoms with van der Waals surface area (Å²) < 4.78 is 13.4. The summed E-state index contributed by atoms with van der Waals surface area (Å²) in [5.41, 5.74) is 1.31. The molecule has 5 heteroatoms. The first kappa shape index (κ1) is 11.2. The van der Waals surface area contributed by atoms with Crippen LogP contribution in [0.5, 0.6) is 0 Å². The minimum atomic E-state index is -0.361. The van der Waals surface area contributed by atoms with E-state index in [4.69, 9.17) is 0 Å². The van der Waals surface area contributed by atoms with Gasteiger partial charge in [0.05, 0.1) is 0 Å². The molecular weight excluding hydrogens is 235 g/mol. The molecular formula is C13H13FN2O2. The van der Waals surface area contributed by atoms with Crippen molar-refractivity contribution in [2.45, 2.75) is 25.9 Å². The number of nitrogens with zero attached hydrogens (tertiary/aromatic N) is 2. The highest BCUT2D eigenvalue weighted by molar-refractivity contribution is 6.02. The summed E-state index contributed by atoms with van der Waals surface area (Å²) in [5.74, 6) is -0.498. The van der Waals surface area contributed by atoms with Crippen LogP contribution in [0, 0.1) is 12.7 Å². The van der Waals surface area contributed by atoms with Crippen LogP contribution in [0.25, 0.3) is 0 Å². The lowest BCUT2D eigenvalue weighted by atomic mass is 10.2. The summed E-state index contributed by atoms with van der Waals surface area (Å²) in [7, 11) is 0. The quantitative estimate of drug-likeness (QED) is 0.754. The van der Waals surface area contributed by atoms with Gasteiger partial charge < -0.3 is 4.90 Å². The Bertz CT molecular complexity index is 524. The number of benzene rings is 1. The van der Waals surface area contributed by atoms with Gasteiger partial charge in [-0.1, -0.05) is 0 Å². The lowest BCUT2D eigenvalue weighted by Crippen LogP contribution is -2.36. The van der Waals surface area contributed by atoms with Crippen LogP contribution in [0.3, 0.4) is 0 Å². The molecule has 0 aromatic heterocycles. The van der Waals surface area contributed by atoms with Crippen molar-refractivity contribution >= 4 is 17.5 Å². The van der Waals surface area contributed by atoms with E-state index in [1.165, 1.54) is 12.1 Å². The molecule has 0 spiro atoms. The van der Waals surface area contributed by atoms with Crippen LogP contribution in [0.1, 0.15) is 18.4 Å². The normalized spacial score (nSPS) is 22.9. The molecule has 2 heterocycles. The maximum Gasteiger partial charge on any atom is 0.248 e. The molecule has 0 N–H and O–H groups in total. The SMILES string of the molecule is Cc1cc(F)cc(N2C(=O)CN3C(=O)CCC32)c1. The van der Waals surface area contributed by atoms with Gasteiger partial charge in [0.15, 0.2) is 0 Å². The van der Waals surface area contributed by atoms with Crippen LogP contribution in [0.15, 0.2) is 18.2 Å². The molecule has 1 unspecified atom stereocenters. The molecule has 2 fully saturated rings. The third-order valence-corrected chi connectivity index (χ3v) is 3.47. The highest BCUT2D eigenvalue weighted by atomic mass is 19.1. The second-order valence-electron chi connectivity index (χ2n) is 4.79. The van der Waals surface area contributed by atoms with Gasteiger partial charge in [-0.15, -0.1) is 0 Å². The highest BCUT2D eigenvalue weighted by Gasteiger charge is 2.45. The number of carbonyl (C=O) groups excluding carboxylic acids is 2. The van der Waals surface area contributed by atoms with E-state index in [9.17, 15) is 14.0 Å². The van der Waals surface area contributed by atoms with Gasteiger partial charge in [-0.25, -0.2) is 4.39 Å². The molecule has 2 amide bonds. The summed E-state index contributed by atoms with van der Waals surface area (Å²) in [6.45, 7) is 1.89. The van der Waals surface area contributed by atoms with Gasteiger partial charge in [0.25, 0.3) is 0 Å². The smallest absolute Gasteiger partial charge is 0.248 e. The minimum Gasteiger partial charge on any atom is -0.312 e. The Balaban J connectivity index is 2.00. The van der Waals surface area contributed by atoms with E-state index < -0.39 is 0 Å². The topological polar surface area (TPSA) is 40.6 Å². The first-order valence-corrected chi connectivity index (χ1v) is 5.95. The van der Waals surface area contributed by atoms with E-state index in [2.05, 4.69) is 0 Å². The number of anilines is 1. The second kappa shape index (κ2) is 3.80. The Morgan fingerprint density at radius 2 is 2.00 bits per heavy atom. The van der Waals surface area contributed by atoms with E-state index in [0.29, 0.717) is 18.5 Å². The molecule has 18 heavy (non-hydrogen) atoms. The number of halogens is 1. The van der Waals surface area contributed by atoms with Gasteiger partial charge in [0, 0.05) is 12.1 Å². The zero-order valence-corrected chi connectivity index (χ0v) is 10.0. The van der Waals surface area contributed by atoms with Crippen molar-refractivity contribution < 1.29 is 14.0 Å². The first-order chi connectivity index (χ1) is 8.56. The molecule has 2 aliphatic rings. The van der Waals surface area contributed by atoms with Gasteiger partial charge in [0.2, 0.25) is 11.8 Å².